The smallest absolute Gasteiger partial charge is 0.307 e. The first-order valence-corrected chi connectivity index (χ1v) is 5.52. The molecule has 5 heteroatoms. The minimum atomic E-state index is -0.886. The van der Waals surface area contributed by atoms with Gasteiger partial charge in [0, 0.05) is 25.6 Å². The van der Waals surface area contributed by atoms with Gasteiger partial charge in [0.05, 0.1) is 11.8 Å². The molecule has 2 rings (SSSR count). The van der Waals surface area contributed by atoms with Gasteiger partial charge in [-0.1, -0.05) is 13.8 Å². The van der Waals surface area contributed by atoms with E-state index in [1.807, 2.05) is 13.8 Å². The van der Waals surface area contributed by atoms with Crippen LogP contribution in [0.15, 0.2) is 0 Å². The third-order valence-electron chi connectivity index (χ3n) is 3.89. The van der Waals surface area contributed by atoms with Gasteiger partial charge in [-0.15, -0.1) is 0 Å². The summed E-state index contributed by atoms with van der Waals surface area (Å²) in [6.07, 6.45) is 0. The summed E-state index contributed by atoms with van der Waals surface area (Å²) in [6, 6.07) is 0. The highest BCUT2D eigenvalue weighted by Gasteiger charge is 2.67. The van der Waals surface area contributed by atoms with Gasteiger partial charge < -0.3 is 15.1 Å². The Balaban J connectivity index is 1.95. The number of nitrogens with zero attached hydrogens (tertiary/aromatic N) is 1. The first-order valence-electron chi connectivity index (χ1n) is 5.52. The van der Waals surface area contributed by atoms with Crippen molar-refractivity contribution in [3.8, 4) is 0 Å². The highest BCUT2D eigenvalue weighted by molar-refractivity contribution is 5.92. The lowest BCUT2D eigenvalue weighted by Gasteiger charge is -2.38. The predicted molar refractivity (Wildman–Crippen MR) is 55.6 cm³/mol. The van der Waals surface area contributed by atoms with E-state index in [2.05, 4.69) is 0 Å². The van der Waals surface area contributed by atoms with Gasteiger partial charge in [-0.25, -0.2) is 0 Å². The number of carboxylic acids is 1. The zero-order chi connectivity index (χ0) is 12.1. The molecule has 1 saturated carbocycles. The van der Waals surface area contributed by atoms with Gasteiger partial charge in [0.25, 0.3) is 0 Å². The quantitative estimate of drug-likeness (QED) is 0.699. The molecular weight excluding hydrogens is 210 g/mol. The Bertz CT molecular complexity index is 333. The molecule has 2 atom stereocenters. The second-order valence-electron chi connectivity index (χ2n) is 5.41. The van der Waals surface area contributed by atoms with E-state index in [-0.39, 0.29) is 24.3 Å². The monoisotopic (exact) mass is 227 g/mol. The van der Waals surface area contributed by atoms with E-state index in [9.17, 15) is 9.59 Å². The maximum absolute atomic E-state index is 12.0. The molecule has 5 nitrogen and oxygen atoms in total. The Morgan fingerprint density at radius 3 is 2.25 bits per heavy atom. The average molecular weight is 227 g/mol. The van der Waals surface area contributed by atoms with Gasteiger partial charge in [0.1, 0.15) is 0 Å². The van der Waals surface area contributed by atoms with Crippen molar-refractivity contribution in [2.24, 2.45) is 23.2 Å². The van der Waals surface area contributed by atoms with Crippen LogP contribution in [0.1, 0.15) is 13.8 Å². The second kappa shape index (κ2) is 3.45. The summed E-state index contributed by atoms with van der Waals surface area (Å²) in [5.41, 5.74) is -0.423. The summed E-state index contributed by atoms with van der Waals surface area (Å²) >= 11 is 0. The third-order valence-corrected chi connectivity index (χ3v) is 3.89. The van der Waals surface area contributed by atoms with E-state index in [1.165, 1.54) is 0 Å². The summed E-state index contributed by atoms with van der Waals surface area (Å²) in [5, 5.41) is 17.8. The van der Waals surface area contributed by atoms with Crippen molar-refractivity contribution in [3.05, 3.63) is 0 Å². The fraction of sp³-hybridized carbons (Fsp3) is 0.818. The lowest BCUT2D eigenvalue weighted by Crippen LogP contribution is -2.52. The molecule has 2 aliphatic rings. The van der Waals surface area contributed by atoms with Crippen LogP contribution in [0.3, 0.4) is 0 Å². The summed E-state index contributed by atoms with van der Waals surface area (Å²) in [7, 11) is 0. The molecule has 1 aliphatic carbocycles. The molecular formula is C11H17NO4. The molecule has 2 N–H and O–H groups in total. The van der Waals surface area contributed by atoms with Crippen molar-refractivity contribution in [1.29, 1.82) is 0 Å². The summed E-state index contributed by atoms with van der Waals surface area (Å²) in [4.78, 5) is 24.5. The van der Waals surface area contributed by atoms with Crippen LogP contribution in [0.4, 0.5) is 0 Å². The van der Waals surface area contributed by atoms with Gasteiger partial charge in [-0.05, 0) is 5.41 Å². The molecule has 90 valence electrons. The van der Waals surface area contributed by atoms with Crippen LogP contribution in [0, 0.1) is 23.2 Å². The number of carbonyl (C=O) groups excluding carboxylic acids is 1. The van der Waals surface area contributed by atoms with Gasteiger partial charge in [0.2, 0.25) is 5.91 Å². The highest BCUT2D eigenvalue weighted by atomic mass is 16.4. The van der Waals surface area contributed by atoms with Crippen LogP contribution in [-0.4, -0.2) is 46.7 Å². The van der Waals surface area contributed by atoms with Crippen LogP contribution < -0.4 is 0 Å². The lowest BCUT2D eigenvalue weighted by molar-refractivity contribution is -0.145. The van der Waals surface area contributed by atoms with Crippen molar-refractivity contribution in [3.63, 3.8) is 0 Å². The minimum absolute atomic E-state index is 0.0675. The Kier molecular flexibility index (Phi) is 2.45. The molecule has 16 heavy (non-hydrogen) atoms. The third kappa shape index (κ3) is 1.50. The Morgan fingerprint density at radius 2 is 1.88 bits per heavy atom. The molecule has 1 aliphatic heterocycles. The van der Waals surface area contributed by atoms with Crippen LogP contribution >= 0.6 is 0 Å². The van der Waals surface area contributed by atoms with Crippen molar-refractivity contribution in [2.45, 2.75) is 13.8 Å². The van der Waals surface area contributed by atoms with Crippen LogP contribution in [0.5, 0.6) is 0 Å². The Morgan fingerprint density at radius 1 is 1.31 bits per heavy atom. The number of amides is 1. The maximum atomic E-state index is 12.0. The molecule has 1 heterocycles. The lowest BCUT2D eigenvalue weighted by atomic mass is 9.99. The first-order chi connectivity index (χ1) is 7.39. The topological polar surface area (TPSA) is 77.8 Å². The van der Waals surface area contributed by atoms with Gasteiger partial charge >= 0.3 is 5.97 Å². The number of hydrogen-bond donors (Lipinski definition) is 2. The number of rotatable bonds is 3. The fourth-order valence-corrected chi connectivity index (χ4v) is 2.62. The largest absolute Gasteiger partial charge is 0.481 e. The molecule has 2 fully saturated rings. The van der Waals surface area contributed by atoms with Crippen molar-refractivity contribution < 1.29 is 19.8 Å². The zero-order valence-electron chi connectivity index (χ0n) is 9.51. The summed E-state index contributed by atoms with van der Waals surface area (Å²) < 4.78 is 0. The highest BCUT2D eigenvalue weighted by Crippen LogP contribution is 2.59. The number of aliphatic carboxylic acids is 1. The van der Waals surface area contributed by atoms with Gasteiger partial charge in [0.15, 0.2) is 0 Å². The fourth-order valence-electron chi connectivity index (χ4n) is 2.62. The summed E-state index contributed by atoms with van der Waals surface area (Å²) in [6.45, 7) is 4.86. The van der Waals surface area contributed by atoms with Crippen LogP contribution in [-0.2, 0) is 9.59 Å². The molecule has 1 saturated heterocycles. The number of carbonyl (C=O) groups is 2. The van der Waals surface area contributed by atoms with Gasteiger partial charge in [-0.3, -0.25) is 9.59 Å². The molecule has 0 aromatic rings. The van der Waals surface area contributed by atoms with Crippen molar-refractivity contribution in [1.82, 2.24) is 4.90 Å². The van der Waals surface area contributed by atoms with Crippen molar-refractivity contribution in [2.75, 3.05) is 19.7 Å². The SMILES string of the molecule is CC1(C)[C@H](C(=O)O)[C@@H]1C(=O)N1CC(CO)C1. The second-order valence-corrected chi connectivity index (χ2v) is 5.41. The van der Waals surface area contributed by atoms with E-state index in [1.54, 1.807) is 4.90 Å². The molecule has 0 radical (unpaired) electrons. The molecule has 0 bridgehead atoms. The molecule has 0 aromatic heterocycles. The van der Waals surface area contributed by atoms with E-state index in [0.29, 0.717) is 13.1 Å². The minimum Gasteiger partial charge on any atom is -0.481 e. The van der Waals surface area contributed by atoms with Crippen LogP contribution in [0.25, 0.3) is 0 Å². The number of aliphatic hydroxyl groups is 1. The number of aliphatic hydroxyl groups excluding tert-OH is 1. The maximum Gasteiger partial charge on any atom is 0.307 e. The van der Waals surface area contributed by atoms with E-state index in [4.69, 9.17) is 10.2 Å². The van der Waals surface area contributed by atoms with Gasteiger partial charge in [-0.2, -0.15) is 0 Å². The van der Waals surface area contributed by atoms with E-state index in [0.717, 1.165) is 0 Å². The standard InChI is InChI=1S/C11H17NO4/c1-11(2)7(8(11)10(15)16)9(14)12-3-6(4-12)5-13/h6-8,13H,3-5H2,1-2H3,(H,15,16)/t7-,8+/m1/s1. The van der Waals surface area contributed by atoms with Crippen LogP contribution in [0.2, 0.25) is 0 Å². The number of likely N-dealkylation sites (tertiary alicyclic amines) is 1. The Labute approximate surface area is 94.0 Å². The first kappa shape index (κ1) is 11.4. The average Bonchev–Trinajstić information content (AvgIpc) is 2.67. The predicted octanol–water partition coefficient (Wildman–Crippen LogP) is -0.206. The molecule has 0 unspecified atom stereocenters. The van der Waals surface area contributed by atoms with E-state index >= 15 is 0 Å². The number of carboxylic acid groups (broad SMARTS) is 1. The normalized spacial score (nSPS) is 32.1. The zero-order valence-corrected chi connectivity index (χ0v) is 9.51. The molecule has 1 amide bonds. The number of hydrogen-bond acceptors (Lipinski definition) is 3. The van der Waals surface area contributed by atoms with Crippen molar-refractivity contribution >= 4 is 11.9 Å². The van der Waals surface area contributed by atoms with E-state index < -0.39 is 17.3 Å². The summed E-state index contributed by atoms with van der Waals surface area (Å²) in [5.74, 6) is -1.71. The molecule has 0 spiro atoms. The molecule has 0 aromatic carbocycles. The Hall–Kier alpha value is -1.10.